The zero-order valence-corrected chi connectivity index (χ0v) is 14.1. The zero-order valence-electron chi connectivity index (χ0n) is 14.1. The Hall–Kier alpha value is -1.77. The first-order valence-electron chi connectivity index (χ1n) is 8.61. The molecule has 2 heterocycles. The van der Waals surface area contributed by atoms with Gasteiger partial charge < -0.3 is 10.1 Å². The third kappa shape index (κ3) is 3.61. The fourth-order valence-electron chi connectivity index (χ4n) is 3.73. The minimum Gasteiger partial charge on any atom is -0.381 e. The lowest BCUT2D eigenvalue weighted by molar-refractivity contribution is -0.191. The van der Waals surface area contributed by atoms with Crippen LogP contribution in [0.15, 0.2) is 0 Å². The molecule has 0 spiro atoms. The second kappa shape index (κ2) is 6.86. The summed E-state index contributed by atoms with van der Waals surface area (Å²) in [6, 6.07) is -0.868. The average Bonchev–Trinajstić information content (AvgIpc) is 3.17. The normalized spacial score (nSPS) is 21.3. The van der Waals surface area contributed by atoms with E-state index in [2.05, 4.69) is 20.8 Å². The van der Waals surface area contributed by atoms with Gasteiger partial charge in [-0.15, -0.1) is 0 Å². The molecule has 1 aromatic rings. The van der Waals surface area contributed by atoms with Gasteiger partial charge in [0.05, 0.1) is 0 Å². The van der Waals surface area contributed by atoms with E-state index in [4.69, 9.17) is 4.74 Å². The number of aromatic amines is 1. The van der Waals surface area contributed by atoms with Gasteiger partial charge in [0.2, 0.25) is 0 Å². The van der Waals surface area contributed by atoms with Crippen molar-refractivity contribution in [2.75, 3.05) is 18.5 Å². The number of halogens is 3. The Bertz CT molecular complexity index is 617. The molecule has 1 aliphatic heterocycles. The number of nitrogens with one attached hydrogen (secondary N) is 3. The van der Waals surface area contributed by atoms with Gasteiger partial charge in [-0.05, 0) is 32.6 Å². The first-order valence-corrected chi connectivity index (χ1v) is 8.61. The Morgan fingerprint density at radius 3 is 2.52 bits per heavy atom. The quantitative estimate of drug-likeness (QED) is 0.770. The van der Waals surface area contributed by atoms with Gasteiger partial charge in [0.15, 0.2) is 5.82 Å². The van der Waals surface area contributed by atoms with Crippen molar-refractivity contribution in [1.82, 2.24) is 15.5 Å². The molecule has 2 aliphatic rings. The largest absolute Gasteiger partial charge is 0.411 e. The summed E-state index contributed by atoms with van der Waals surface area (Å²) in [7, 11) is 0. The molecule has 1 saturated carbocycles. The third-order valence-electron chi connectivity index (χ3n) is 5.26. The molecule has 0 atom stereocenters. The first-order chi connectivity index (χ1) is 11.8. The highest BCUT2D eigenvalue weighted by Gasteiger charge is 2.56. The molecule has 2 amide bonds. The molecule has 3 N–H and O–H groups in total. The minimum absolute atomic E-state index is 0.0865. The molecule has 1 aliphatic carbocycles. The van der Waals surface area contributed by atoms with Crippen LogP contribution in [-0.4, -0.2) is 41.2 Å². The number of H-pyrrole nitrogens is 1. The summed E-state index contributed by atoms with van der Waals surface area (Å²) in [4.78, 5) is 12.2. The van der Waals surface area contributed by atoms with Crippen LogP contribution in [0, 0.1) is 6.92 Å². The predicted octanol–water partition coefficient (Wildman–Crippen LogP) is 3.61. The van der Waals surface area contributed by atoms with Crippen molar-refractivity contribution in [2.45, 2.75) is 63.1 Å². The summed E-state index contributed by atoms with van der Waals surface area (Å²) in [5.41, 5.74) is -0.468. The van der Waals surface area contributed by atoms with E-state index in [9.17, 15) is 18.0 Å². The van der Waals surface area contributed by atoms with Gasteiger partial charge in [-0.2, -0.15) is 18.3 Å². The van der Waals surface area contributed by atoms with Gasteiger partial charge in [-0.1, -0.05) is 12.8 Å². The number of rotatable bonds is 3. The van der Waals surface area contributed by atoms with E-state index in [-0.39, 0.29) is 24.6 Å². The maximum Gasteiger partial charge on any atom is 0.411 e. The topological polar surface area (TPSA) is 79.0 Å². The molecule has 2 fully saturated rings. The minimum atomic E-state index is -4.46. The van der Waals surface area contributed by atoms with Crippen molar-refractivity contribution in [3.8, 4) is 0 Å². The molecule has 0 aromatic carbocycles. The van der Waals surface area contributed by atoms with E-state index < -0.39 is 17.7 Å². The van der Waals surface area contributed by atoms with E-state index in [0.29, 0.717) is 26.1 Å². The molecule has 3 rings (SSSR count). The highest BCUT2D eigenvalue weighted by Crippen LogP contribution is 2.43. The molecular weight excluding hydrogens is 337 g/mol. The Labute approximate surface area is 143 Å². The van der Waals surface area contributed by atoms with Gasteiger partial charge in [0.25, 0.3) is 0 Å². The number of alkyl halides is 3. The number of carbonyl (C=O) groups is 1. The van der Waals surface area contributed by atoms with Gasteiger partial charge in [-0.3, -0.25) is 10.4 Å². The van der Waals surface area contributed by atoms with Crippen molar-refractivity contribution < 1.29 is 22.7 Å². The van der Waals surface area contributed by atoms with Crippen LogP contribution in [0.3, 0.4) is 0 Å². The molecule has 1 aromatic heterocycles. The maximum absolute atomic E-state index is 13.4. The summed E-state index contributed by atoms with van der Waals surface area (Å²) in [6.45, 7) is 3.14. The molecule has 0 unspecified atom stereocenters. The van der Waals surface area contributed by atoms with Crippen molar-refractivity contribution >= 4 is 11.8 Å². The summed E-state index contributed by atoms with van der Waals surface area (Å²) < 4.78 is 45.4. The average molecular weight is 360 g/mol. The smallest absolute Gasteiger partial charge is 0.381 e. The van der Waals surface area contributed by atoms with Gasteiger partial charge >= 0.3 is 12.2 Å². The standard InChI is InChI=1S/C16H23F3N4O2/c1-10-12(11-4-8-25-9-5-11)22-23-13(10)20-14(24)21-15(16(17,18)19)6-2-3-7-15/h11H,2-9H2,1H3,(H3,20,21,22,23,24). The first kappa shape index (κ1) is 18.0. The lowest BCUT2D eigenvalue weighted by Crippen LogP contribution is -2.58. The molecule has 25 heavy (non-hydrogen) atoms. The van der Waals surface area contributed by atoms with Crippen LogP contribution in [0.5, 0.6) is 0 Å². The molecule has 1 saturated heterocycles. The van der Waals surface area contributed by atoms with Crippen LogP contribution in [0.25, 0.3) is 0 Å². The van der Waals surface area contributed by atoms with Gasteiger partial charge in [-0.25, -0.2) is 4.79 Å². The van der Waals surface area contributed by atoms with Crippen LogP contribution < -0.4 is 10.6 Å². The fraction of sp³-hybridized carbons (Fsp3) is 0.750. The van der Waals surface area contributed by atoms with Crippen LogP contribution in [0.1, 0.15) is 55.7 Å². The van der Waals surface area contributed by atoms with Crippen molar-refractivity contribution in [3.05, 3.63) is 11.3 Å². The number of ether oxygens (including phenoxy) is 1. The fourth-order valence-corrected chi connectivity index (χ4v) is 3.73. The number of urea groups is 1. The van der Waals surface area contributed by atoms with E-state index in [0.717, 1.165) is 24.1 Å². The van der Waals surface area contributed by atoms with Crippen molar-refractivity contribution in [1.29, 1.82) is 0 Å². The van der Waals surface area contributed by atoms with Crippen molar-refractivity contribution in [2.24, 2.45) is 0 Å². The molecular formula is C16H23F3N4O2. The number of hydrogen-bond donors (Lipinski definition) is 3. The second-order valence-electron chi connectivity index (χ2n) is 6.86. The van der Waals surface area contributed by atoms with Gasteiger partial charge in [0, 0.05) is 30.4 Å². The number of carbonyl (C=O) groups excluding carboxylic acids is 1. The van der Waals surface area contributed by atoms with Crippen LogP contribution in [0.4, 0.5) is 23.8 Å². The SMILES string of the molecule is Cc1c(NC(=O)NC2(C(F)(F)F)CCCC2)n[nH]c1C1CCOCC1. The van der Waals surface area contributed by atoms with Gasteiger partial charge in [0.1, 0.15) is 5.54 Å². The van der Waals surface area contributed by atoms with E-state index in [1.54, 1.807) is 6.92 Å². The highest BCUT2D eigenvalue weighted by atomic mass is 19.4. The van der Waals surface area contributed by atoms with E-state index >= 15 is 0 Å². The maximum atomic E-state index is 13.4. The number of amides is 2. The number of anilines is 1. The Kier molecular flexibility index (Phi) is 4.95. The zero-order chi connectivity index (χ0) is 18.1. The third-order valence-corrected chi connectivity index (χ3v) is 5.26. The monoisotopic (exact) mass is 360 g/mol. The van der Waals surface area contributed by atoms with E-state index in [1.807, 2.05) is 0 Å². The predicted molar refractivity (Wildman–Crippen MR) is 85.5 cm³/mol. The van der Waals surface area contributed by atoms with Crippen LogP contribution in [-0.2, 0) is 4.74 Å². The Balaban J connectivity index is 1.68. The lowest BCUT2D eigenvalue weighted by atomic mass is 9.94. The summed E-state index contributed by atoms with van der Waals surface area (Å²) in [6.07, 6.45) is -2.02. The number of aromatic nitrogens is 2. The summed E-state index contributed by atoms with van der Waals surface area (Å²) in [5, 5.41) is 11.6. The summed E-state index contributed by atoms with van der Waals surface area (Å²) >= 11 is 0. The van der Waals surface area contributed by atoms with Crippen molar-refractivity contribution in [3.63, 3.8) is 0 Å². The molecule has 9 heteroatoms. The van der Waals surface area contributed by atoms with Crippen LogP contribution in [0.2, 0.25) is 0 Å². The second-order valence-corrected chi connectivity index (χ2v) is 6.86. The van der Waals surface area contributed by atoms with Crippen LogP contribution >= 0.6 is 0 Å². The number of nitrogens with zero attached hydrogens (tertiary/aromatic N) is 1. The molecule has 140 valence electrons. The molecule has 0 radical (unpaired) electrons. The highest BCUT2D eigenvalue weighted by molar-refractivity contribution is 5.89. The Morgan fingerprint density at radius 2 is 1.92 bits per heavy atom. The summed E-state index contributed by atoms with van der Waals surface area (Å²) in [5.74, 6) is 0.533. The molecule has 0 bridgehead atoms. The Morgan fingerprint density at radius 1 is 1.28 bits per heavy atom. The molecule has 6 nitrogen and oxygen atoms in total. The number of hydrogen-bond acceptors (Lipinski definition) is 3. The lowest BCUT2D eigenvalue weighted by Gasteiger charge is -2.32. The van der Waals surface area contributed by atoms with E-state index in [1.165, 1.54) is 0 Å².